The number of halogens is 1. The van der Waals surface area contributed by atoms with Crippen LogP contribution in [0.1, 0.15) is 5.69 Å². The van der Waals surface area contributed by atoms with Gasteiger partial charge in [0.25, 0.3) is 5.56 Å². The molecule has 0 fully saturated rings. The zero-order valence-corrected chi connectivity index (χ0v) is 12.7. The molecule has 0 saturated heterocycles. The van der Waals surface area contributed by atoms with Gasteiger partial charge in [0.1, 0.15) is 5.82 Å². The molecule has 1 heterocycles. The molecule has 6 nitrogen and oxygen atoms in total. The predicted molar refractivity (Wildman–Crippen MR) is 81.2 cm³/mol. The number of hydrogen-bond acceptors (Lipinski definition) is 5. The summed E-state index contributed by atoms with van der Waals surface area (Å²) < 4.78 is 10.4. The molecule has 7 heteroatoms. The van der Waals surface area contributed by atoms with Gasteiger partial charge in [0.15, 0.2) is 11.5 Å². The third kappa shape index (κ3) is 3.34. The van der Waals surface area contributed by atoms with E-state index in [4.69, 9.17) is 21.1 Å². The monoisotopic (exact) mass is 309 g/mol. The molecule has 2 aromatic rings. The molecule has 0 spiro atoms. The van der Waals surface area contributed by atoms with Gasteiger partial charge in [-0.1, -0.05) is 11.6 Å². The number of rotatable bonds is 5. The smallest absolute Gasteiger partial charge is 0.251 e. The Morgan fingerprint density at radius 3 is 2.67 bits per heavy atom. The molecule has 0 saturated carbocycles. The molecular weight excluding hydrogens is 294 g/mol. The van der Waals surface area contributed by atoms with Crippen LogP contribution in [0, 0.1) is 0 Å². The van der Waals surface area contributed by atoms with Crippen LogP contribution in [0.2, 0.25) is 5.02 Å². The summed E-state index contributed by atoms with van der Waals surface area (Å²) in [5.74, 6) is 1.34. The van der Waals surface area contributed by atoms with E-state index in [1.807, 2.05) is 0 Å². The van der Waals surface area contributed by atoms with Crippen LogP contribution >= 0.6 is 11.6 Å². The van der Waals surface area contributed by atoms with Crippen LogP contribution in [0.25, 0.3) is 11.4 Å². The Balaban J connectivity index is 2.56. The molecule has 1 aromatic heterocycles. The lowest BCUT2D eigenvalue weighted by Crippen LogP contribution is -2.14. The maximum Gasteiger partial charge on any atom is 0.251 e. The molecule has 21 heavy (non-hydrogen) atoms. The zero-order chi connectivity index (χ0) is 15.4. The van der Waals surface area contributed by atoms with E-state index in [-0.39, 0.29) is 5.56 Å². The molecule has 0 atom stereocenters. The van der Waals surface area contributed by atoms with Crippen molar-refractivity contribution in [2.75, 3.05) is 21.3 Å². The van der Waals surface area contributed by atoms with Crippen LogP contribution in [0.5, 0.6) is 11.5 Å². The number of ether oxygens (including phenoxy) is 2. The average molecular weight is 310 g/mol. The quantitative estimate of drug-likeness (QED) is 0.881. The van der Waals surface area contributed by atoms with E-state index < -0.39 is 0 Å². The van der Waals surface area contributed by atoms with E-state index in [1.54, 1.807) is 19.2 Å². The van der Waals surface area contributed by atoms with Crippen molar-refractivity contribution in [2.45, 2.75) is 6.54 Å². The number of hydrogen-bond donors (Lipinski definition) is 2. The maximum absolute atomic E-state index is 11.7. The van der Waals surface area contributed by atoms with Crippen molar-refractivity contribution in [2.24, 2.45) is 0 Å². The van der Waals surface area contributed by atoms with Crippen molar-refractivity contribution in [3.8, 4) is 22.9 Å². The standard InChI is InChI=1S/C14H16ClN3O3/c1-16-7-9-6-12(19)18-14(17-9)8-4-10(15)13(21-3)11(5-8)20-2/h4-6,16H,7H2,1-3H3,(H,17,18,19). The molecule has 0 amide bonds. The van der Waals surface area contributed by atoms with Gasteiger partial charge in [0.2, 0.25) is 0 Å². The van der Waals surface area contributed by atoms with Crippen LogP contribution in [0.15, 0.2) is 23.0 Å². The fourth-order valence-corrected chi connectivity index (χ4v) is 2.26. The first kappa shape index (κ1) is 15.3. The summed E-state index contributed by atoms with van der Waals surface area (Å²) in [5.41, 5.74) is 1.06. The molecule has 0 aliphatic carbocycles. The van der Waals surface area contributed by atoms with Crippen LogP contribution in [0.3, 0.4) is 0 Å². The Hall–Kier alpha value is -2.05. The van der Waals surface area contributed by atoms with Gasteiger partial charge in [-0.15, -0.1) is 0 Å². The molecule has 0 aliphatic rings. The highest BCUT2D eigenvalue weighted by Crippen LogP contribution is 2.38. The number of nitrogens with one attached hydrogen (secondary N) is 2. The molecule has 1 aromatic carbocycles. The first-order valence-corrected chi connectivity index (χ1v) is 6.63. The number of nitrogens with zero attached hydrogens (tertiary/aromatic N) is 1. The maximum atomic E-state index is 11.7. The molecule has 0 bridgehead atoms. The highest BCUT2D eigenvalue weighted by atomic mass is 35.5. The van der Waals surface area contributed by atoms with Crippen LogP contribution < -0.4 is 20.3 Å². The lowest BCUT2D eigenvalue weighted by Gasteiger charge is -2.11. The Labute approximate surface area is 127 Å². The second kappa shape index (κ2) is 6.60. The Kier molecular flexibility index (Phi) is 4.82. The largest absolute Gasteiger partial charge is 0.493 e. The number of methoxy groups -OCH3 is 2. The second-order valence-corrected chi connectivity index (χ2v) is 4.72. The van der Waals surface area contributed by atoms with Gasteiger partial charge < -0.3 is 19.8 Å². The summed E-state index contributed by atoms with van der Waals surface area (Å²) in [6.07, 6.45) is 0. The topological polar surface area (TPSA) is 76.2 Å². The molecule has 0 radical (unpaired) electrons. The minimum Gasteiger partial charge on any atom is -0.493 e. The fraction of sp³-hybridized carbons (Fsp3) is 0.286. The third-order valence-electron chi connectivity index (χ3n) is 2.86. The summed E-state index contributed by atoms with van der Waals surface area (Å²) >= 11 is 6.17. The summed E-state index contributed by atoms with van der Waals surface area (Å²) in [6.45, 7) is 0.498. The predicted octanol–water partition coefficient (Wildman–Crippen LogP) is 1.83. The van der Waals surface area contributed by atoms with Crippen molar-refractivity contribution >= 4 is 11.6 Å². The molecule has 112 valence electrons. The number of aromatic nitrogens is 2. The van der Waals surface area contributed by atoms with Crippen molar-refractivity contribution in [1.29, 1.82) is 0 Å². The SMILES string of the molecule is CNCc1cc(=O)[nH]c(-c2cc(Cl)c(OC)c(OC)c2)n1. The van der Waals surface area contributed by atoms with Crippen LogP contribution in [-0.4, -0.2) is 31.2 Å². The van der Waals surface area contributed by atoms with Gasteiger partial charge in [-0.25, -0.2) is 4.98 Å². The minimum absolute atomic E-state index is 0.226. The lowest BCUT2D eigenvalue weighted by atomic mass is 10.2. The third-order valence-corrected chi connectivity index (χ3v) is 3.14. The lowest BCUT2D eigenvalue weighted by molar-refractivity contribution is 0.355. The normalized spacial score (nSPS) is 10.5. The summed E-state index contributed by atoms with van der Waals surface area (Å²) in [7, 11) is 4.82. The van der Waals surface area contributed by atoms with E-state index in [0.717, 1.165) is 0 Å². The summed E-state index contributed by atoms with van der Waals surface area (Å²) in [4.78, 5) is 18.8. The zero-order valence-electron chi connectivity index (χ0n) is 12.0. The Morgan fingerprint density at radius 2 is 2.05 bits per heavy atom. The van der Waals surface area contributed by atoms with Crippen LogP contribution in [-0.2, 0) is 6.54 Å². The van der Waals surface area contributed by atoms with Gasteiger partial charge >= 0.3 is 0 Å². The molecule has 2 rings (SSSR count). The number of H-pyrrole nitrogens is 1. The van der Waals surface area contributed by atoms with Crippen molar-refractivity contribution in [1.82, 2.24) is 15.3 Å². The van der Waals surface area contributed by atoms with Gasteiger partial charge in [-0.05, 0) is 19.2 Å². The first-order valence-electron chi connectivity index (χ1n) is 6.25. The number of benzene rings is 1. The van der Waals surface area contributed by atoms with Crippen LogP contribution in [0.4, 0.5) is 0 Å². The molecule has 0 unspecified atom stereocenters. The van der Waals surface area contributed by atoms with Crippen molar-refractivity contribution in [3.05, 3.63) is 39.3 Å². The number of aromatic amines is 1. The fourth-order valence-electron chi connectivity index (χ4n) is 1.97. The summed E-state index contributed by atoms with van der Waals surface area (Å²) in [5, 5.41) is 3.34. The van der Waals surface area contributed by atoms with Gasteiger partial charge in [-0.3, -0.25) is 4.79 Å². The molecule has 0 aliphatic heterocycles. The second-order valence-electron chi connectivity index (χ2n) is 4.31. The Bertz CT molecular complexity index is 700. The molecule has 2 N–H and O–H groups in total. The first-order chi connectivity index (χ1) is 10.1. The molecular formula is C14H16ClN3O3. The average Bonchev–Trinajstić information content (AvgIpc) is 2.46. The van der Waals surface area contributed by atoms with Gasteiger partial charge in [-0.2, -0.15) is 0 Å². The van der Waals surface area contributed by atoms with Crippen molar-refractivity contribution in [3.63, 3.8) is 0 Å². The Morgan fingerprint density at radius 1 is 1.29 bits per heavy atom. The summed E-state index contributed by atoms with van der Waals surface area (Å²) in [6, 6.07) is 4.83. The van der Waals surface area contributed by atoms with Crippen molar-refractivity contribution < 1.29 is 9.47 Å². The van der Waals surface area contributed by atoms with Gasteiger partial charge in [0.05, 0.1) is 24.9 Å². The van der Waals surface area contributed by atoms with E-state index in [1.165, 1.54) is 20.3 Å². The van der Waals surface area contributed by atoms with E-state index in [9.17, 15) is 4.79 Å². The van der Waals surface area contributed by atoms with E-state index in [2.05, 4.69) is 15.3 Å². The van der Waals surface area contributed by atoms with Gasteiger partial charge in [0, 0.05) is 18.2 Å². The highest BCUT2D eigenvalue weighted by Gasteiger charge is 2.13. The highest BCUT2D eigenvalue weighted by molar-refractivity contribution is 6.32. The van der Waals surface area contributed by atoms with E-state index >= 15 is 0 Å². The van der Waals surface area contributed by atoms with E-state index in [0.29, 0.717) is 40.1 Å². The minimum atomic E-state index is -0.226.